The molecule has 4 aromatic carbocycles. The van der Waals surface area contributed by atoms with E-state index in [0.29, 0.717) is 181 Å². The van der Waals surface area contributed by atoms with Crippen molar-refractivity contribution in [3.63, 3.8) is 0 Å². The first-order chi connectivity index (χ1) is 46.1. The Morgan fingerprint density at radius 3 is 0.510 bits per heavy atom. The Labute approximate surface area is 555 Å². The summed E-state index contributed by atoms with van der Waals surface area (Å²) in [6, 6.07) is 15.6. The monoisotopic (exact) mass is 1300 g/mol. The maximum atomic E-state index is 7.07. The molecule has 0 fully saturated rings. The lowest BCUT2D eigenvalue weighted by molar-refractivity contribution is 0.0305. The summed E-state index contributed by atoms with van der Waals surface area (Å²) < 4.78 is 111. The summed E-state index contributed by atoms with van der Waals surface area (Å²) in [7, 11) is 0. The highest BCUT2D eigenvalue weighted by Crippen LogP contribution is 2.62. The van der Waals surface area contributed by atoms with E-state index in [0.717, 1.165) is 0 Å². The molecule has 20 nitrogen and oxygen atoms in total. The van der Waals surface area contributed by atoms with E-state index in [2.05, 4.69) is 9.97 Å². The number of hydrogen-bond acceptors (Lipinski definition) is 18. The average Bonchev–Trinajstić information content (AvgIpc) is 1.45. The molecule has 3 aromatic heterocycles. The van der Waals surface area contributed by atoms with E-state index in [1.807, 2.05) is 184 Å². The van der Waals surface area contributed by atoms with Gasteiger partial charge in [0.15, 0.2) is 92.0 Å². The van der Waals surface area contributed by atoms with Crippen molar-refractivity contribution >= 4 is 46.4 Å². The lowest BCUT2D eigenvalue weighted by Gasteiger charge is -2.36. The number of aromatic nitrogens is 4. The third-order valence-corrected chi connectivity index (χ3v) is 20.6. The van der Waals surface area contributed by atoms with Gasteiger partial charge in [-0.3, -0.25) is 0 Å². The van der Waals surface area contributed by atoms with Gasteiger partial charge in [-0.2, -0.15) is 0 Å². The molecule has 10 aliphatic rings. The van der Waals surface area contributed by atoms with Gasteiger partial charge < -0.3 is 85.8 Å². The van der Waals surface area contributed by atoms with Crippen molar-refractivity contribution in [3.05, 3.63) is 71.3 Å². The van der Waals surface area contributed by atoms with E-state index in [1.54, 1.807) is 0 Å². The lowest BCUT2D eigenvalue weighted by atomic mass is 9.98. The Morgan fingerprint density at radius 2 is 0.354 bits per heavy atom. The molecule has 0 saturated heterocycles. The van der Waals surface area contributed by atoms with Crippen molar-refractivity contribution in [2.45, 2.75) is 208 Å². The van der Waals surface area contributed by atoms with Crippen molar-refractivity contribution in [2.75, 3.05) is 0 Å². The molecule has 7 aromatic rings. The predicted molar refractivity (Wildman–Crippen MR) is 362 cm³/mol. The summed E-state index contributed by atoms with van der Waals surface area (Å²) in [5, 5.41) is 0. The molecule has 10 aliphatic heterocycles. The Morgan fingerprint density at radius 1 is 0.208 bits per heavy atom. The number of ether oxygens (including phenoxy) is 16. The van der Waals surface area contributed by atoms with Crippen LogP contribution >= 0.6 is 0 Å². The van der Waals surface area contributed by atoms with Crippen LogP contribution in [0, 0.1) is 0 Å². The van der Waals surface area contributed by atoms with Gasteiger partial charge in [-0.25, -0.2) is 9.97 Å². The summed E-state index contributed by atoms with van der Waals surface area (Å²) in [6.45, 7) is 32.0. The van der Waals surface area contributed by atoms with Gasteiger partial charge in [0.05, 0.1) is 45.0 Å². The summed E-state index contributed by atoms with van der Waals surface area (Å²) in [5.74, 6) is 7.65. The zero-order valence-electron chi connectivity index (χ0n) is 56.6. The van der Waals surface area contributed by atoms with Crippen molar-refractivity contribution in [2.24, 2.45) is 0 Å². The minimum Gasteiger partial charge on any atom is -0.483 e. The molecule has 0 saturated carbocycles. The second-order valence-electron chi connectivity index (χ2n) is 27.3. The van der Waals surface area contributed by atoms with Gasteiger partial charge in [0.2, 0.25) is 0 Å². The number of rotatable bonds is 4. The van der Waals surface area contributed by atoms with E-state index < -0.39 is 0 Å². The van der Waals surface area contributed by atoms with Gasteiger partial charge in [0, 0.05) is 68.6 Å². The van der Waals surface area contributed by atoms with Gasteiger partial charge >= 0.3 is 0 Å². The van der Waals surface area contributed by atoms with Gasteiger partial charge in [-0.1, -0.05) is 0 Å². The summed E-state index contributed by atoms with van der Waals surface area (Å²) in [6.07, 6.45) is 2.58. The van der Waals surface area contributed by atoms with Crippen LogP contribution < -0.4 is 75.8 Å². The first-order valence-corrected chi connectivity index (χ1v) is 33.8. The quantitative estimate of drug-likeness (QED) is 0.168. The van der Waals surface area contributed by atoms with E-state index in [1.165, 1.54) is 0 Å². The molecule has 0 aliphatic carbocycles. The molecular weight excluding hydrogens is 1220 g/mol. The second kappa shape index (κ2) is 21.9. The summed E-state index contributed by atoms with van der Waals surface area (Å²) in [5.41, 5.74) is 9.34. The fourth-order valence-corrected chi connectivity index (χ4v) is 13.8. The molecule has 17 rings (SSSR count). The minimum atomic E-state index is -0.375. The third kappa shape index (κ3) is 9.33. The van der Waals surface area contributed by atoms with Crippen LogP contribution in [0.1, 0.15) is 134 Å². The van der Waals surface area contributed by atoms with Crippen molar-refractivity contribution in [1.82, 2.24) is 19.9 Å². The normalized spacial score (nSPS) is 28.8. The van der Waals surface area contributed by atoms with E-state index in [4.69, 9.17) is 85.8 Å². The van der Waals surface area contributed by atoms with E-state index in [9.17, 15) is 0 Å². The molecule has 0 amide bonds. The Hall–Kier alpha value is -9.72. The molecule has 0 unspecified atom stereocenters. The molecule has 498 valence electrons. The highest BCUT2D eigenvalue weighted by atomic mass is 16.6. The topological polar surface area (TPSA) is 205 Å². The predicted octanol–water partition coefficient (Wildman–Crippen LogP) is 15.7. The van der Waals surface area contributed by atoms with Crippen LogP contribution in [0.4, 0.5) is 0 Å². The van der Waals surface area contributed by atoms with Crippen molar-refractivity contribution < 1.29 is 75.8 Å². The molecule has 96 heavy (non-hydrogen) atoms. The van der Waals surface area contributed by atoms with Gasteiger partial charge in [0.25, 0.3) is 0 Å². The lowest BCUT2D eigenvalue weighted by Crippen LogP contribution is -2.37. The molecule has 20 heteroatoms. The van der Waals surface area contributed by atoms with E-state index >= 15 is 0 Å². The molecule has 0 radical (unpaired) electrons. The zero-order chi connectivity index (χ0) is 66.3. The average molecular weight is 1300 g/mol. The molecular formula is C76H78N4O16. The molecule has 8 bridgehead atoms. The van der Waals surface area contributed by atoms with Crippen LogP contribution in [0.25, 0.3) is 90.9 Å². The molecule has 2 N–H and O–H groups in total. The summed E-state index contributed by atoms with van der Waals surface area (Å²) in [4.78, 5) is 19.6. The zero-order valence-corrected chi connectivity index (χ0v) is 56.6. The number of H-pyrrole nitrogens is 2. The van der Waals surface area contributed by atoms with Crippen LogP contribution in [0.15, 0.2) is 48.5 Å². The van der Waals surface area contributed by atoms with Crippen LogP contribution in [-0.2, 0) is 0 Å². The number of nitrogens with zero attached hydrogens (tertiary/aromatic N) is 2. The highest BCUT2D eigenvalue weighted by molar-refractivity contribution is 6.06. The first-order valence-electron chi connectivity index (χ1n) is 33.8. The largest absolute Gasteiger partial charge is 0.483 e. The van der Waals surface area contributed by atoms with Crippen LogP contribution in [-0.4, -0.2) is 118 Å². The number of nitrogens with one attached hydrogen (secondary N) is 2. The SMILES string of the molecule is C[C@H]1Oc2cc3c(c(-c4c5nc(c(-c6c7c(cc8c6O[C@H](C)[C@@H](C)O8)O[C@H](C)[C@@H](C)O7)c6ccc([nH]6)c(-c6c7c(cc8c6O[C@H](C)[C@@H](C)O8)O[C@H](C)[C@@H](C)O7)c6nc(c(-c7c8c(cc9c7O[C@H](C)[C@@H](C)O9)O[C@H](C)[C@@H](C)O8)c7ccc4[nH]7)C=C6)C=C5)c2O[C@@H]1C)O[C@H](C)[C@@H](C)O3. The number of aromatic amines is 2. The smallest absolute Gasteiger partial charge is 0.173 e. The molecule has 13 heterocycles. The molecule has 0 spiro atoms. The standard InChI is InChI=1S/C76H78N4O16/c1-29-37(9)89-69-53(81-29)25-54-70(90-38(10)30(2)82-54)65(69)61-45-17-19-47(77-45)62(66-71-55(83-31(3)39(11)91-71)26-56-72(66)92-40(12)32(4)84-56)49-21-23-51(79-49)64(68-75-59(87-35(7)43(15)95-75)28-60-76(68)96-44(16)36(8)88-60)52-24-22-50(80-52)63(48-20-18-46(61)78-48)67-73-57(85-33(5)41(13)93-73)27-58-74(67)94-42(14)34(6)86-58/h17-44,77,80H,1-16H3/t29-,30-,31-,32-,33-,34-,35-,36-,37-,38-,39-,40-,41-,42-,43-,44-/m1/s1. The van der Waals surface area contributed by atoms with Crippen LogP contribution in [0.3, 0.4) is 0 Å². The minimum absolute atomic E-state index is 0.307. The number of fused-ring (bicyclic) bond motifs is 16. The van der Waals surface area contributed by atoms with Crippen molar-refractivity contribution in [3.8, 4) is 136 Å². The molecule has 16 atom stereocenters. The summed E-state index contributed by atoms with van der Waals surface area (Å²) >= 11 is 0. The fourth-order valence-electron chi connectivity index (χ4n) is 13.8. The van der Waals surface area contributed by atoms with Crippen LogP contribution in [0.2, 0.25) is 0 Å². The van der Waals surface area contributed by atoms with Gasteiger partial charge in [-0.15, -0.1) is 0 Å². The third-order valence-electron chi connectivity index (χ3n) is 20.6. The number of hydrogen-bond donors (Lipinski definition) is 2. The van der Waals surface area contributed by atoms with Crippen molar-refractivity contribution in [1.29, 1.82) is 0 Å². The van der Waals surface area contributed by atoms with E-state index in [-0.39, 0.29) is 97.7 Å². The fraction of sp³-hybridized carbons (Fsp3) is 0.421. The highest BCUT2D eigenvalue weighted by Gasteiger charge is 2.44. The van der Waals surface area contributed by atoms with Gasteiger partial charge in [-0.05, 0) is 159 Å². The number of benzene rings is 4. The Balaban J connectivity index is 1.08. The van der Waals surface area contributed by atoms with Gasteiger partial charge in [0.1, 0.15) is 97.7 Å². The Bertz CT molecular complexity index is 3960. The Kier molecular flexibility index (Phi) is 13.7. The maximum absolute atomic E-state index is 7.07. The van der Waals surface area contributed by atoms with Crippen LogP contribution in [0.5, 0.6) is 92.0 Å². The second-order valence-corrected chi connectivity index (χ2v) is 27.3. The first kappa shape index (κ1) is 60.0. The maximum Gasteiger partial charge on any atom is 0.173 e.